The van der Waals surface area contributed by atoms with Crippen LogP contribution in [0.3, 0.4) is 0 Å². The Morgan fingerprint density at radius 2 is 1.83 bits per heavy atom. The zero-order valence-electron chi connectivity index (χ0n) is 19.2. The second kappa shape index (κ2) is 12.6. The van der Waals surface area contributed by atoms with Gasteiger partial charge in [0.15, 0.2) is 17.8 Å². The number of nitrogens with zero attached hydrogens (tertiary/aromatic N) is 4. The lowest BCUT2D eigenvalue weighted by molar-refractivity contribution is -0.255. The van der Waals surface area contributed by atoms with Gasteiger partial charge in [-0.1, -0.05) is 5.21 Å². The SMILES string of the molecule is CCOP(=O)(OCC)C(N=C(N)c1nnn(C2OC(CO)C(O)C(O)C2O)c(=O)c1NCO)C(=O)O. The molecule has 6 atom stereocenters. The molecule has 1 fully saturated rings. The standard InChI is InChI=1S/C17H29N6O12P/c1-3-33-36(32,34-4-2)14(17(30)31)20-13(18)8-9(19-6-25)15(29)23(22-21-8)16-12(28)11(27)10(26)7(5-24)35-16/h7,10-12,14,16,19,24-28H,3-6H2,1-2H3,(H2,18,20)(H,30,31). The number of carbonyl (C=O) groups is 1. The van der Waals surface area contributed by atoms with E-state index < -0.39 is 86.1 Å². The normalized spacial score (nSPS) is 26.0. The molecule has 1 aliphatic rings. The quantitative estimate of drug-likeness (QED) is 0.0549. The number of hydrogen-bond donors (Lipinski definition) is 8. The molecule has 18 nitrogen and oxygen atoms in total. The molecule has 2 rings (SSSR count). The number of hydrogen-bond acceptors (Lipinski definition) is 15. The van der Waals surface area contributed by atoms with Crippen LogP contribution >= 0.6 is 7.60 Å². The summed E-state index contributed by atoms with van der Waals surface area (Å²) in [7, 11) is -4.36. The number of aliphatic carboxylic acids is 1. The van der Waals surface area contributed by atoms with E-state index in [0.29, 0.717) is 4.68 Å². The van der Waals surface area contributed by atoms with Crippen LogP contribution in [-0.2, 0) is 23.1 Å². The van der Waals surface area contributed by atoms with Crippen molar-refractivity contribution in [2.24, 2.45) is 10.7 Å². The Morgan fingerprint density at radius 1 is 1.22 bits per heavy atom. The van der Waals surface area contributed by atoms with Crippen LogP contribution in [0.2, 0.25) is 0 Å². The maximum atomic E-state index is 13.1. The number of amidine groups is 1. The molecule has 204 valence electrons. The number of aromatic nitrogens is 3. The first-order valence-corrected chi connectivity index (χ1v) is 12.2. The fourth-order valence-corrected chi connectivity index (χ4v) is 4.87. The van der Waals surface area contributed by atoms with Crippen molar-refractivity contribution < 1.29 is 53.8 Å². The second-order valence-corrected chi connectivity index (χ2v) is 9.30. The number of nitrogens with one attached hydrogen (secondary N) is 1. The second-order valence-electron chi connectivity index (χ2n) is 7.22. The molecule has 0 aliphatic carbocycles. The number of aliphatic imine (C=N–C) groups is 1. The Kier molecular flexibility index (Phi) is 10.4. The molecule has 0 aromatic carbocycles. The van der Waals surface area contributed by atoms with E-state index in [4.69, 9.17) is 19.5 Å². The summed E-state index contributed by atoms with van der Waals surface area (Å²) < 4.78 is 28.7. The zero-order chi connectivity index (χ0) is 27.2. The van der Waals surface area contributed by atoms with Crippen LogP contribution in [0, 0.1) is 0 Å². The van der Waals surface area contributed by atoms with Crippen molar-refractivity contribution in [1.82, 2.24) is 15.0 Å². The lowest BCUT2D eigenvalue weighted by Crippen LogP contribution is -2.58. The van der Waals surface area contributed by atoms with Gasteiger partial charge in [-0.15, -0.1) is 5.10 Å². The Morgan fingerprint density at radius 3 is 2.33 bits per heavy atom. The molecule has 0 radical (unpaired) electrons. The van der Waals surface area contributed by atoms with Gasteiger partial charge in [-0.3, -0.25) is 9.36 Å². The third-order valence-electron chi connectivity index (χ3n) is 4.91. The monoisotopic (exact) mass is 540 g/mol. The summed E-state index contributed by atoms with van der Waals surface area (Å²) in [6.45, 7) is 0.912. The summed E-state index contributed by atoms with van der Waals surface area (Å²) in [4.78, 5) is 28.6. The van der Waals surface area contributed by atoms with Crippen molar-refractivity contribution in [3.05, 3.63) is 16.0 Å². The van der Waals surface area contributed by atoms with Gasteiger partial charge in [0.05, 0.1) is 19.8 Å². The highest BCUT2D eigenvalue weighted by molar-refractivity contribution is 7.55. The van der Waals surface area contributed by atoms with Crippen molar-refractivity contribution in [2.75, 3.05) is 31.9 Å². The molecule has 0 saturated carbocycles. The van der Waals surface area contributed by atoms with E-state index >= 15 is 0 Å². The highest BCUT2D eigenvalue weighted by Gasteiger charge is 2.46. The van der Waals surface area contributed by atoms with E-state index in [1.165, 1.54) is 13.8 Å². The molecule has 0 bridgehead atoms. The van der Waals surface area contributed by atoms with Crippen LogP contribution in [0.4, 0.5) is 5.69 Å². The average Bonchev–Trinajstić information content (AvgIpc) is 2.83. The van der Waals surface area contributed by atoms with Crippen LogP contribution in [-0.4, -0.2) is 114 Å². The van der Waals surface area contributed by atoms with Crippen LogP contribution in [0.1, 0.15) is 25.8 Å². The number of ether oxygens (including phenoxy) is 1. The molecule has 0 amide bonds. The maximum absolute atomic E-state index is 13.1. The predicted octanol–water partition coefficient (Wildman–Crippen LogP) is -3.65. The lowest BCUT2D eigenvalue weighted by Gasteiger charge is -2.39. The van der Waals surface area contributed by atoms with E-state index in [-0.39, 0.29) is 13.2 Å². The van der Waals surface area contributed by atoms with E-state index in [9.17, 15) is 44.8 Å². The van der Waals surface area contributed by atoms with Gasteiger partial charge in [0.2, 0.25) is 5.78 Å². The maximum Gasteiger partial charge on any atom is 0.366 e. The zero-order valence-corrected chi connectivity index (χ0v) is 20.1. The van der Waals surface area contributed by atoms with Gasteiger partial charge in [-0.2, -0.15) is 4.68 Å². The number of nitrogens with two attached hydrogens (primary N) is 1. The van der Waals surface area contributed by atoms with E-state index in [2.05, 4.69) is 20.6 Å². The van der Waals surface area contributed by atoms with Gasteiger partial charge in [0, 0.05) is 0 Å². The molecule has 0 spiro atoms. The van der Waals surface area contributed by atoms with Gasteiger partial charge in [0.1, 0.15) is 36.8 Å². The third-order valence-corrected chi connectivity index (χ3v) is 7.08. The molecule has 36 heavy (non-hydrogen) atoms. The Hall–Kier alpha value is -2.54. The van der Waals surface area contributed by atoms with Crippen molar-refractivity contribution >= 4 is 25.1 Å². The molecular weight excluding hydrogens is 511 g/mol. The van der Waals surface area contributed by atoms with Gasteiger partial charge < -0.3 is 55.5 Å². The number of aliphatic hydroxyl groups is 5. The van der Waals surface area contributed by atoms with Crippen molar-refractivity contribution in [3.63, 3.8) is 0 Å². The molecule has 1 saturated heterocycles. The number of carboxylic acids is 1. The van der Waals surface area contributed by atoms with Gasteiger partial charge >= 0.3 is 13.6 Å². The molecule has 1 aromatic rings. The Balaban J connectivity index is 2.59. The summed E-state index contributed by atoms with van der Waals surface area (Å²) in [6.07, 6.45) is -8.55. The van der Waals surface area contributed by atoms with Crippen molar-refractivity contribution in [3.8, 4) is 0 Å². The number of anilines is 1. The average molecular weight is 540 g/mol. The third kappa shape index (κ3) is 6.05. The van der Waals surface area contributed by atoms with Crippen molar-refractivity contribution in [2.45, 2.75) is 50.3 Å². The first kappa shape index (κ1) is 29.7. The van der Waals surface area contributed by atoms with Gasteiger partial charge in [-0.25, -0.2) is 9.79 Å². The summed E-state index contributed by atoms with van der Waals surface area (Å²) in [5, 5.41) is 67.9. The molecule has 6 unspecified atom stereocenters. The number of carboxylic acid groups (broad SMARTS) is 1. The number of rotatable bonds is 12. The summed E-state index contributed by atoms with van der Waals surface area (Å²) in [5.74, 6) is -4.61. The highest BCUT2D eigenvalue weighted by Crippen LogP contribution is 2.53. The number of aliphatic hydroxyl groups excluding tert-OH is 5. The fraction of sp³-hybridized carbons (Fsp3) is 0.706. The fourth-order valence-electron chi connectivity index (χ4n) is 3.26. The topological polar surface area (TPSA) is 281 Å². The first-order chi connectivity index (χ1) is 17.0. The minimum atomic E-state index is -4.36. The minimum absolute atomic E-state index is 0.178. The first-order valence-electron chi connectivity index (χ1n) is 10.6. The molecule has 1 aliphatic heterocycles. The molecule has 19 heteroatoms. The van der Waals surface area contributed by atoms with Crippen molar-refractivity contribution in [1.29, 1.82) is 0 Å². The molecular formula is C17H29N6O12P. The van der Waals surface area contributed by atoms with Gasteiger partial charge in [-0.05, 0) is 13.8 Å². The predicted molar refractivity (Wildman–Crippen MR) is 119 cm³/mol. The van der Waals surface area contributed by atoms with E-state index in [1.54, 1.807) is 0 Å². The van der Waals surface area contributed by atoms with Crippen LogP contribution < -0.4 is 16.6 Å². The smallest absolute Gasteiger partial charge is 0.366 e. The highest BCUT2D eigenvalue weighted by atomic mass is 31.2. The van der Waals surface area contributed by atoms with Crippen LogP contribution in [0.25, 0.3) is 0 Å². The van der Waals surface area contributed by atoms with E-state index in [1.807, 2.05) is 0 Å². The lowest BCUT2D eigenvalue weighted by atomic mass is 9.98. The van der Waals surface area contributed by atoms with Crippen LogP contribution in [0.15, 0.2) is 9.79 Å². The van der Waals surface area contributed by atoms with Gasteiger partial charge in [0.25, 0.3) is 5.56 Å². The Labute approximate surface area is 203 Å². The summed E-state index contributed by atoms with van der Waals surface area (Å²) in [6, 6.07) is 0. The largest absolute Gasteiger partial charge is 0.479 e. The molecule has 1 aromatic heterocycles. The van der Waals surface area contributed by atoms with Crippen LogP contribution in [0.5, 0.6) is 0 Å². The minimum Gasteiger partial charge on any atom is -0.479 e. The Bertz CT molecular complexity index is 1040. The van der Waals surface area contributed by atoms with E-state index in [0.717, 1.165) is 0 Å². The summed E-state index contributed by atoms with van der Waals surface area (Å²) in [5.41, 5.74) is 3.57. The molecule has 2 heterocycles. The molecule has 9 N–H and O–H groups in total. The summed E-state index contributed by atoms with van der Waals surface area (Å²) >= 11 is 0.